The molecule has 2 rings (SSSR count). The topological polar surface area (TPSA) is 50.4 Å². The number of piperidine rings is 1. The smallest absolute Gasteiger partial charge is 0.223 e. The van der Waals surface area contributed by atoms with E-state index in [0.29, 0.717) is 0 Å². The van der Waals surface area contributed by atoms with E-state index in [1.165, 1.54) is 0 Å². The minimum atomic E-state index is 0.157. The van der Waals surface area contributed by atoms with Gasteiger partial charge in [-0.2, -0.15) is 0 Å². The van der Waals surface area contributed by atoms with Gasteiger partial charge in [0.1, 0.15) is 0 Å². The van der Waals surface area contributed by atoms with Gasteiger partial charge in [-0.3, -0.25) is 4.79 Å². The van der Waals surface area contributed by atoms with Crippen molar-refractivity contribution in [2.45, 2.75) is 44.8 Å². The summed E-state index contributed by atoms with van der Waals surface area (Å²) >= 11 is 0. The van der Waals surface area contributed by atoms with Crippen LogP contribution < -0.4 is 10.6 Å². The van der Waals surface area contributed by atoms with E-state index in [1.807, 2.05) is 0 Å². The fraction of sp³-hybridized carbons (Fsp3) is 0.917. The van der Waals surface area contributed by atoms with E-state index in [9.17, 15) is 4.79 Å². The second kappa shape index (κ2) is 5.64. The molecule has 0 aromatic rings. The van der Waals surface area contributed by atoms with Gasteiger partial charge in [0.25, 0.3) is 0 Å². The van der Waals surface area contributed by atoms with Crippen molar-refractivity contribution in [1.29, 1.82) is 0 Å². The highest BCUT2D eigenvalue weighted by Gasteiger charge is 2.27. The molecule has 0 bridgehead atoms. The first-order valence-corrected chi connectivity index (χ1v) is 6.40. The zero-order valence-corrected chi connectivity index (χ0v) is 10.00. The summed E-state index contributed by atoms with van der Waals surface area (Å²) in [5.74, 6) is 0.412. The van der Waals surface area contributed by atoms with Crippen LogP contribution in [-0.2, 0) is 9.53 Å². The summed E-state index contributed by atoms with van der Waals surface area (Å²) in [4.78, 5) is 12.0. The highest BCUT2D eigenvalue weighted by atomic mass is 16.5. The van der Waals surface area contributed by atoms with Gasteiger partial charge in [0, 0.05) is 12.5 Å². The molecule has 92 valence electrons. The van der Waals surface area contributed by atoms with Crippen LogP contribution >= 0.6 is 0 Å². The summed E-state index contributed by atoms with van der Waals surface area (Å²) in [5, 5.41) is 6.37. The molecule has 2 aliphatic heterocycles. The van der Waals surface area contributed by atoms with Crippen molar-refractivity contribution in [3.05, 3.63) is 0 Å². The number of rotatable bonds is 3. The van der Waals surface area contributed by atoms with Gasteiger partial charge in [0.15, 0.2) is 0 Å². The summed E-state index contributed by atoms with van der Waals surface area (Å²) in [6.45, 7) is 4.83. The van der Waals surface area contributed by atoms with Gasteiger partial charge < -0.3 is 15.4 Å². The first-order valence-electron chi connectivity index (χ1n) is 6.40. The molecular weight excluding hydrogens is 204 g/mol. The second-order valence-corrected chi connectivity index (χ2v) is 4.87. The maximum Gasteiger partial charge on any atom is 0.223 e. The number of carbonyl (C=O) groups is 1. The van der Waals surface area contributed by atoms with Crippen LogP contribution in [0.4, 0.5) is 0 Å². The predicted molar refractivity (Wildman–Crippen MR) is 62.2 cm³/mol. The molecule has 2 N–H and O–H groups in total. The Hall–Kier alpha value is -0.610. The molecule has 0 aromatic carbocycles. The zero-order valence-electron chi connectivity index (χ0n) is 10.00. The summed E-state index contributed by atoms with van der Waals surface area (Å²) < 4.78 is 5.58. The standard InChI is InChI=1S/C12H22N2O2/c1-9(11-3-2-8-16-11)14-12(15)10-4-6-13-7-5-10/h9-11,13H,2-8H2,1H3,(H,14,15). The van der Waals surface area contributed by atoms with E-state index >= 15 is 0 Å². The van der Waals surface area contributed by atoms with E-state index in [2.05, 4.69) is 17.6 Å². The maximum atomic E-state index is 12.0. The highest BCUT2D eigenvalue weighted by molar-refractivity contribution is 5.79. The molecule has 0 radical (unpaired) electrons. The monoisotopic (exact) mass is 226 g/mol. The van der Waals surface area contributed by atoms with E-state index in [0.717, 1.165) is 45.4 Å². The van der Waals surface area contributed by atoms with E-state index in [1.54, 1.807) is 0 Å². The third-order valence-corrected chi connectivity index (χ3v) is 3.60. The van der Waals surface area contributed by atoms with Gasteiger partial charge >= 0.3 is 0 Å². The van der Waals surface area contributed by atoms with Crippen LogP contribution in [0.3, 0.4) is 0 Å². The van der Waals surface area contributed by atoms with Crippen molar-refractivity contribution in [2.24, 2.45) is 5.92 Å². The molecule has 0 aromatic heterocycles. The van der Waals surface area contributed by atoms with E-state index in [4.69, 9.17) is 4.74 Å². The van der Waals surface area contributed by atoms with E-state index < -0.39 is 0 Å². The highest BCUT2D eigenvalue weighted by Crippen LogP contribution is 2.17. The molecule has 2 atom stereocenters. The molecule has 0 saturated carbocycles. The van der Waals surface area contributed by atoms with Gasteiger partial charge in [-0.25, -0.2) is 0 Å². The molecule has 1 amide bonds. The molecule has 2 fully saturated rings. The van der Waals surface area contributed by atoms with Crippen LogP contribution in [0.15, 0.2) is 0 Å². The SMILES string of the molecule is CC(NC(=O)C1CCNCC1)C1CCCO1. The van der Waals surface area contributed by atoms with Gasteiger partial charge in [0.05, 0.1) is 12.1 Å². The normalized spacial score (nSPS) is 28.9. The lowest BCUT2D eigenvalue weighted by atomic mass is 9.96. The lowest BCUT2D eigenvalue weighted by Crippen LogP contribution is -2.45. The van der Waals surface area contributed by atoms with Crippen molar-refractivity contribution in [3.63, 3.8) is 0 Å². The molecule has 4 heteroatoms. The Morgan fingerprint density at radius 2 is 2.12 bits per heavy atom. The fourth-order valence-electron chi connectivity index (χ4n) is 2.52. The molecule has 0 aliphatic carbocycles. The summed E-state index contributed by atoms with van der Waals surface area (Å²) in [6.07, 6.45) is 4.35. The Morgan fingerprint density at radius 3 is 2.75 bits per heavy atom. The Bertz CT molecular complexity index is 233. The van der Waals surface area contributed by atoms with Crippen molar-refractivity contribution in [1.82, 2.24) is 10.6 Å². The fourth-order valence-corrected chi connectivity index (χ4v) is 2.52. The van der Waals surface area contributed by atoms with Crippen molar-refractivity contribution in [2.75, 3.05) is 19.7 Å². The number of carbonyl (C=O) groups excluding carboxylic acids is 1. The first kappa shape index (κ1) is 11.9. The second-order valence-electron chi connectivity index (χ2n) is 4.87. The minimum absolute atomic E-state index is 0.157. The van der Waals surface area contributed by atoms with Gasteiger partial charge in [-0.1, -0.05) is 0 Å². The molecule has 2 unspecified atom stereocenters. The van der Waals surface area contributed by atoms with Crippen LogP contribution in [0.25, 0.3) is 0 Å². The van der Waals surface area contributed by atoms with Crippen molar-refractivity contribution < 1.29 is 9.53 Å². The first-order chi connectivity index (χ1) is 7.77. The van der Waals surface area contributed by atoms with Crippen molar-refractivity contribution >= 4 is 5.91 Å². The predicted octanol–water partition coefficient (Wildman–Crippen LogP) is 0.670. The van der Waals surface area contributed by atoms with Gasteiger partial charge in [-0.15, -0.1) is 0 Å². The lowest BCUT2D eigenvalue weighted by Gasteiger charge is -2.26. The quantitative estimate of drug-likeness (QED) is 0.743. The number of nitrogens with one attached hydrogen (secondary N) is 2. The Balaban J connectivity index is 1.76. The molecule has 16 heavy (non-hydrogen) atoms. The van der Waals surface area contributed by atoms with Crippen LogP contribution in [0.2, 0.25) is 0 Å². The minimum Gasteiger partial charge on any atom is -0.376 e. The largest absolute Gasteiger partial charge is 0.376 e. The molecule has 4 nitrogen and oxygen atoms in total. The average Bonchev–Trinajstić information content (AvgIpc) is 2.83. The van der Waals surface area contributed by atoms with Crippen molar-refractivity contribution in [3.8, 4) is 0 Å². The number of hydrogen-bond donors (Lipinski definition) is 2. The molecular formula is C12H22N2O2. The number of amides is 1. The lowest BCUT2D eigenvalue weighted by molar-refractivity contribution is -0.127. The molecule has 2 heterocycles. The zero-order chi connectivity index (χ0) is 11.4. The molecule has 2 aliphatic rings. The summed E-state index contributed by atoms with van der Waals surface area (Å²) in [5.41, 5.74) is 0. The Labute approximate surface area is 97.1 Å². The van der Waals surface area contributed by atoms with Crippen LogP contribution in [0, 0.1) is 5.92 Å². The molecule has 0 spiro atoms. The number of ether oxygens (including phenoxy) is 1. The Kier molecular flexibility index (Phi) is 4.18. The van der Waals surface area contributed by atoms with E-state index in [-0.39, 0.29) is 24.0 Å². The van der Waals surface area contributed by atoms with Gasteiger partial charge in [-0.05, 0) is 45.7 Å². The Morgan fingerprint density at radius 1 is 1.38 bits per heavy atom. The third-order valence-electron chi connectivity index (χ3n) is 3.60. The van der Waals surface area contributed by atoms with Crippen LogP contribution in [-0.4, -0.2) is 37.7 Å². The number of hydrogen-bond acceptors (Lipinski definition) is 3. The van der Waals surface area contributed by atoms with Crippen LogP contribution in [0.1, 0.15) is 32.6 Å². The maximum absolute atomic E-state index is 12.0. The van der Waals surface area contributed by atoms with Crippen LogP contribution in [0.5, 0.6) is 0 Å². The van der Waals surface area contributed by atoms with Gasteiger partial charge in [0.2, 0.25) is 5.91 Å². The molecule has 2 saturated heterocycles. The summed E-state index contributed by atoms with van der Waals surface area (Å²) in [7, 11) is 0. The summed E-state index contributed by atoms with van der Waals surface area (Å²) in [6, 6.07) is 0.157. The average molecular weight is 226 g/mol. The third kappa shape index (κ3) is 2.95.